The molecule has 0 amide bonds. The van der Waals surface area contributed by atoms with E-state index in [2.05, 4.69) is 4.90 Å². The molecule has 0 atom stereocenters. The highest BCUT2D eigenvalue weighted by molar-refractivity contribution is 5.97. The largest absolute Gasteiger partial charge is 0.345 e. The highest BCUT2D eigenvalue weighted by Crippen LogP contribution is 2.14. The molecule has 2 rings (SSSR count). The number of aryl methyl sites for hydroxylation is 1. The summed E-state index contributed by atoms with van der Waals surface area (Å²) in [5.74, 6) is -0.183. The van der Waals surface area contributed by atoms with E-state index in [0.717, 1.165) is 24.2 Å². The maximum atomic E-state index is 12.4. The Bertz CT molecular complexity index is 714. The predicted octanol–water partition coefficient (Wildman–Crippen LogP) is 2.07. The lowest BCUT2D eigenvalue weighted by atomic mass is 10.1. The highest BCUT2D eigenvalue weighted by Gasteiger charge is 2.12. The summed E-state index contributed by atoms with van der Waals surface area (Å²) in [6.07, 6.45) is 1.69. The fourth-order valence-electron chi connectivity index (χ4n) is 2.25. The molecule has 0 fully saturated rings. The minimum atomic E-state index is -0.183. The van der Waals surface area contributed by atoms with Crippen molar-refractivity contribution in [3.05, 3.63) is 45.7 Å². The number of hydrogen-bond donors (Lipinski definition) is 0. The van der Waals surface area contributed by atoms with Gasteiger partial charge in [0, 0.05) is 24.7 Å². The fourth-order valence-corrected chi connectivity index (χ4v) is 2.25. The van der Waals surface area contributed by atoms with E-state index in [0.29, 0.717) is 5.39 Å². The zero-order valence-corrected chi connectivity index (χ0v) is 12.4. The van der Waals surface area contributed by atoms with Crippen molar-refractivity contribution in [2.45, 2.75) is 20.4 Å². The summed E-state index contributed by atoms with van der Waals surface area (Å²) in [6, 6.07) is 5.79. The van der Waals surface area contributed by atoms with Crippen LogP contribution in [0.1, 0.15) is 22.8 Å². The number of carbonyl (C=O) groups is 1. The zero-order chi connectivity index (χ0) is 14.9. The molecular weight excluding hydrogens is 252 g/mol. The van der Waals surface area contributed by atoms with Crippen LogP contribution in [0.15, 0.2) is 29.2 Å². The van der Waals surface area contributed by atoms with Crippen molar-refractivity contribution in [2.24, 2.45) is 0 Å². The molecule has 20 heavy (non-hydrogen) atoms. The van der Waals surface area contributed by atoms with Gasteiger partial charge in [0.2, 0.25) is 0 Å². The van der Waals surface area contributed by atoms with E-state index in [9.17, 15) is 9.59 Å². The van der Waals surface area contributed by atoms with E-state index in [1.807, 2.05) is 43.8 Å². The third-order valence-electron chi connectivity index (χ3n) is 3.40. The monoisotopic (exact) mass is 272 g/mol. The number of likely N-dealkylation sites (N-methyl/N-ethyl adjacent to an activating group) is 1. The number of Topliss-reactive ketones (excluding diaryl/α,β-unsaturated/α-hetero) is 1. The summed E-state index contributed by atoms with van der Waals surface area (Å²) in [5.41, 5.74) is 2.00. The number of hydrogen-bond acceptors (Lipinski definition) is 3. The number of carbonyl (C=O) groups excluding carboxylic acids is 1. The standard InChI is InChI=1S/C16H20N2O2/c1-11-5-6-15-13(9-11)16(20)14(12(2)19)10-18(15)8-7-17(3)4/h5-6,9-10H,7-8H2,1-4H3. The van der Waals surface area contributed by atoms with Crippen LogP contribution < -0.4 is 5.43 Å². The minimum Gasteiger partial charge on any atom is -0.345 e. The van der Waals surface area contributed by atoms with Crippen molar-refractivity contribution in [1.82, 2.24) is 9.47 Å². The SMILES string of the molecule is CC(=O)c1cn(CCN(C)C)c2ccc(C)cc2c1=O. The van der Waals surface area contributed by atoms with Crippen molar-refractivity contribution >= 4 is 16.7 Å². The Morgan fingerprint density at radius 3 is 2.60 bits per heavy atom. The number of nitrogens with zero attached hydrogens (tertiary/aromatic N) is 2. The maximum Gasteiger partial charge on any atom is 0.200 e. The second-order valence-electron chi connectivity index (χ2n) is 5.45. The molecule has 0 bridgehead atoms. The number of benzene rings is 1. The van der Waals surface area contributed by atoms with Crippen molar-refractivity contribution < 1.29 is 4.79 Å². The van der Waals surface area contributed by atoms with Crippen LogP contribution in [-0.4, -0.2) is 35.9 Å². The van der Waals surface area contributed by atoms with Crippen LogP contribution in [0.4, 0.5) is 0 Å². The normalized spacial score (nSPS) is 11.2. The molecule has 0 aliphatic carbocycles. The molecular formula is C16H20N2O2. The molecule has 4 heteroatoms. The molecule has 0 aliphatic heterocycles. The van der Waals surface area contributed by atoms with Crippen LogP contribution in [0.2, 0.25) is 0 Å². The molecule has 0 saturated heterocycles. The number of aromatic nitrogens is 1. The van der Waals surface area contributed by atoms with Crippen molar-refractivity contribution in [2.75, 3.05) is 20.6 Å². The molecule has 2 aromatic rings. The summed E-state index contributed by atoms with van der Waals surface area (Å²) >= 11 is 0. The molecule has 0 saturated carbocycles. The van der Waals surface area contributed by atoms with Gasteiger partial charge >= 0.3 is 0 Å². The lowest BCUT2D eigenvalue weighted by molar-refractivity contribution is 0.101. The molecule has 0 spiro atoms. The molecule has 1 heterocycles. The van der Waals surface area contributed by atoms with Gasteiger partial charge in [-0.3, -0.25) is 9.59 Å². The Morgan fingerprint density at radius 1 is 1.30 bits per heavy atom. The first-order valence-corrected chi connectivity index (χ1v) is 6.69. The molecule has 1 aromatic carbocycles. The molecule has 106 valence electrons. The van der Waals surface area contributed by atoms with Crippen molar-refractivity contribution in [3.8, 4) is 0 Å². The van der Waals surface area contributed by atoms with Gasteiger partial charge in [0.15, 0.2) is 11.2 Å². The van der Waals surface area contributed by atoms with E-state index in [-0.39, 0.29) is 16.8 Å². The molecule has 0 N–H and O–H groups in total. The molecule has 0 radical (unpaired) electrons. The highest BCUT2D eigenvalue weighted by atomic mass is 16.1. The van der Waals surface area contributed by atoms with E-state index in [1.54, 1.807) is 6.20 Å². The predicted molar refractivity (Wildman–Crippen MR) is 81.5 cm³/mol. The van der Waals surface area contributed by atoms with Gasteiger partial charge in [0.05, 0.1) is 11.1 Å². The van der Waals surface area contributed by atoms with Crippen molar-refractivity contribution in [3.63, 3.8) is 0 Å². The first kappa shape index (κ1) is 14.5. The van der Waals surface area contributed by atoms with Crippen LogP contribution in [0, 0.1) is 6.92 Å². The Kier molecular flexibility index (Phi) is 4.04. The van der Waals surface area contributed by atoms with Gasteiger partial charge in [-0.1, -0.05) is 11.6 Å². The van der Waals surface area contributed by atoms with Gasteiger partial charge in [0.1, 0.15) is 0 Å². The molecule has 4 nitrogen and oxygen atoms in total. The van der Waals surface area contributed by atoms with Gasteiger partial charge in [-0.15, -0.1) is 0 Å². The zero-order valence-electron chi connectivity index (χ0n) is 12.4. The van der Waals surface area contributed by atoms with Gasteiger partial charge in [-0.2, -0.15) is 0 Å². The topological polar surface area (TPSA) is 42.3 Å². The van der Waals surface area contributed by atoms with Crippen LogP contribution in [0.3, 0.4) is 0 Å². The average Bonchev–Trinajstić information content (AvgIpc) is 2.37. The number of fused-ring (bicyclic) bond motifs is 1. The van der Waals surface area contributed by atoms with E-state index >= 15 is 0 Å². The second kappa shape index (κ2) is 5.59. The molecule has 0 aliphatic rings. The average molecular weight is 272 g/mol. The van der Waals surface area contributed by atoms with Gasteiger partial charge in [-0.25, -0.2) is 0 Å². The van der Waals surface area contributed by atoms with E-state index in [4.69, 9.17) is 0 Å². The van der Waals surface area contributed by atoms with Gasteiger partial charge in [-0.05, 0) is 40.1 Å². The first-order chi connectivity index (χ1) is 9.40. The third kappa shape index (κ3) is 2.80. The summed E-state index contributed by atoms with van der Waals surface area (Å²) < 4.78 is 1.99. The number of rotatable bonds is 4. The lowest BCUT2D eigenvalue weighted by Gasteiger charge is -2.16. The van der Waals surface area contributed by atoms with Gasteiger partial charge in [0.25, 0.3) is 0 Å². The van der Waals surface area contributed by atoms with Crippen molar-refractivity contribution in [1.29, 1.82) is 0 Å². The first-order valence-electron chi connectivity index (χ1n) is 6.69. The minimum absolute atomic E-state index is 0.169. The number of ketones is 1. The summed E-state index contributed by atoms with van der Waals surface area (Å²) in [6.45, 7) is 4.98. The Hall–Kier alpha value is -1.94. The molecule has 1 aromatic heterocycles. The number of pyridine rings is 1. The molecule has 0 unspecified atom stereocenters. The quantitative estimate of drug-likeness (QED) is 0.800. The second-order valence-corrected chi connectivity index (χ2v) is 5.45. The van der Waals surface area contributed by atoms with Crippen LogP contribution in [0.5, 0.6) is 0 Å². The van der Waals surface area contributed by atoms with Crippen LogP contribution in [0.25, 0.3) is 10.9 Å². The lowest BCUT2D eigenvalue weighted by Crippen LogP contribution is -2.22. The van der Waals surface area contributed by atoms with E-state index < -0.39 is 0 Å². The Morgan fingerprint density at radius 2 is 2.00 bits per heavy atom. The van der Waals surface area contributed by atoms with Crippen LogP contribution >= 0.6 is 0 Å². The third-order valence-corrected chi connectivity index (χ3v) is 3.40. The maximum absolute atomic E-state index is 12.4. The Labute approximate surface area is 118 Å². The summed E-state index contributed by atoms with van der Waals surface area (Å²) in [7, 11) is 4.00. The summed E-state index contributed by atoms with van der Waals surface area (Å²) in [5, 5.41) is 0.622. The summed E-state index contributed by atoms with van der Waals surface area (Å²) in [4.78, 5) is 26.1. The Balaban J connectivity index is 2.69. The van der Waals surface area contributed by atoms with E-state index in [1.165, 1.54) is 6.92 Å². The van der Waals surface area contributed by atoms with Crippen LogP contribution in [-0.2, 0) is 6.54 Å². The van der Waals surface area contributed by atoms with Gasteiger partial charge < -0.3 is 9.47 Å². The smallest absolute Gasteiger partial charge is 0.200 e. The fraction of sp³-hybridized carbons (Fsp3) is 0.375.